The molecule has 1 aliphatic carbocycles. The van der Waals surface area contributed by atoms with Crippen molar-refractivity contribution in [3.63, 3.8) is 0 Å². The number of rotatable bonds is 13. The Hall–Kier alpha value is -0.910. The molecule has 0 aromatic rings. The highest BCUT2D eigenvalue weighted by Gasteiger charge is 2.39. The fraction of sp³-hybridized carbons (Fsp3) is 0.850. The van der Waals surface area contributed by atoms with E-state index in [4.69, 9.17) is 5.11 Å². The summed E-state index contributed by atoms with van der Waals surface area (Å²) in [5.74, 6) is -0.833. The van der Waals surface area contributed by atoms with Crippen LogP contribution in [0.25, 0.3) is 0 Å². The highest BCUT2D eigenvalue weighted by molar-refractivity contribution is 5.66. The number of aliphatic hydroxyl groups is 3. The summed E-state index contributed by atoms with van der Waals surface area (Å²) in [6.45, 7) is 2.13. The van der Waals surface area contributed by atoms with Gasteiger partial charge in [0.25, 0.3) is 0 Å². The molecule has 0 aromatic heterocycles. The topological polar surface area (TPSA) is 98.0 Å². The molecule has 0 radical (unpaired) electrons. The van der Waals surface area contributed by atoms with Gasteiger partial charge in [0.05, 0.1) is 18.3 Å². The Bertz CT molecular complexity index is 396. The molecule has 5 nitrogen and oxygen atoms in total. The number of carboxylic acid groups (broad SMARTS) is 1. The minimum atomic E-state index is -0.753. The van der Waals surface area contributed by atoms with Crippen molar-refractivity contribution in [2.75, 3.05) is 0 Å². The van der Waals surface area contributed by atoms with Crippen LogP contribution in [0, 0.1) is 11.8 Å². The zero-order valence-electron chi connectivity index (χ0n) is 15.5. The molecule has 0 saturated heterocycles. The van der Waals surface area contributed by atoms with E-state index < -0.39 is 24.3 Å². The number of unbranched alkanes of at least 4 members (excludes halogenated alkanes) is 5. The van der Waals surface area contributed by atoms with Gasteiger partial charge < -0.3 is 20.4 Å². The molecule has 0 aliphatic heterocycles. The standard InChI is InChI=1S/C20H36O5/c1-2-3-6-9-15(21)12-13-17-16(18(22)14-19(17)23)10-7-4-5-8-11-20(24)25/h12-13,15-19,21-23H,2-11,14H2,1H3,(H,24,25)/t15-,16-,17+,18+,19+/m0/s1. The smallest absolute Gasteiger partial charge is 0.303 e. The summed E-state index contributed by atoms with van der Waals surface area (Å²) in [5.41, 5.74) is 0. The zero-order valence-corrected chi connectivity index (χ0v) is 15.5. The van der Waals surface area contributed by atoms with Gasteiger partial charge in [-0.05, 0) is 25.2 Å². The molecule has 1 aliphatic rings. The largest absolute Gasteiger partial charge is 0.481 e. The summed E-state index contributed by atoms with van der Waals surface area (Å²) < 4.78 is 0. The van der Waals surface area contributed by atoms with Crippen molar-refractivity contribution in [1.82, 2.24) is 0 Å². The molecule has 0 amide bonds. The Kier molecular flexibility index (Phi) is 11.0. The van der Waals surface area contributed by atoms with Crippen LogP contribution >= 0.6 is 0 Å². The summed E-state index contributed by atoms with van der Waals surface area (Å²) in [6, 6.07) is 0. The first kappa shape index (κ1) is 22.1. The Morgan fingerprint density at radius 3 is 2.48 bits per heavy atom. The monoisotopic (exact) mass is 356 g/mol. The number of hydrogen-bond donors (Lipinski definition) is 4. The van der Waals surface area contributed by atoms with Crippen LogP contribution in [0.4, 0.5) is 0 Å². The van der Waals surface area contributed by atoms with E-state index in [0.717, 1.165) is 51.4 Å². The molecular weight excluding hydrogens is 320 g/mol. The lowest BCUT2D eigenvalue weighted by atomic mass is 9.88. The minimum Gasteiger partial charge on any atom is -0.481 e. The maximum Gasteiger partial charge on any atom is 0.303 e. The van der Waals surface area contributed by atoms with Gasteiger partial charge in [0.2, 0.25) is 0 Å². The quantitative estimate of drug-likeness (QED) is 0.300. The van der Waals surface area contributed by atoms with Gasteiger partial charge in [0.15, 0.2) is 0 Å². The lowest BCUT2D eigenvalue weighted by Gasteiger charge is -2.21. The summed E-state index contributed by atoms with van der Waals surface area (Å²) in [5, 5.41) is 39.0. The maximum absolute atomic E-state index is 10.5. The van der Waals surface area contributed by atoms with E-state index >= 15 is 0 Å². The Morgan fingerprint density at radius 2 is 1.80 bits per heavy atom. The Morgan fingerprint density at radius 1 is 1.08 bits per heavy atom. The normalized spacial score (nSPS) is 27.8. The summed E-state index contributed by atoms with van der Waals surface area (Å²) in [7, 11) is 0. The first-order chi connectivity index (χ1) is 12.0. The Balaban J connectivity index is 2.38. The third-order valence-corrected chi connectivity index (χ3v) is 5.25. The molecule has 25 heavy (non-hydrogen) atoms. The first-order valence-corrected chi connectivity index (χ1v) is 9.90. The van der Waals surface area contributed by atoms with Gasteiger partial charge in [0, 0.05) is 18.8 Å². The molecule has 0 unspecified atom stereocenters. The van der Waals surface area contributed by atoms with Crippen LogP contribution in [0.5, 0.6) is 0 Å². The van der Waals surface area contributed by atoms with Crippen molar-refractivity contribution < 1.29 is 25.2 Å². The van der Waals surface area contributed by atoms with E-state index in [-0.39, 0.29) is 18.3 Å². The molecular formula is C20H36O5. The van der Waals surface area contributed by atoms with Gasteiger partial charge in [0.1, 0.15) is 0 Å². The molecule has 1 saturated carbocycles. The van der Waals surface area contributed by atoms with Gasteiger partial charge in [-0.15, -0.1) is 0 Å². The lowest BCUT2D eigenvalue weighted by molar-refractivity contribution is -0.137. The molecule has 1 fully saturated rings. The minimum absolute atomic E-state index is 0.0218. The molecule has 0 aromatic carbocycles. The molecule has 0 bridgehead atoms. The molecule has 0 heterocycles. The molecule has 5 heteroatoms. The molecule has 5 atom stereocenters. The summed E-state index contributed by atoms with van der Waals surface area (Å²) in [6.07, 6.45) is 11.0. The lowest BCUT2D eigenvalue weighted by Crippen LogP contribution is -2.21. The summed E-state index contributed by atoms with van der Waals surface area (Å²) in [4.78, 5) is 10.5. The number of carboxylic acids is 1. The third-order valence-electron chi connectivity index (χ3n) is 5.25. The van der Waals surface area contributed by atoms with Crippen molar-refractivity contribution in [3.8, 4) is 0 Å². The first-order valence-electron chi connectivity index (χ1n) is 9.90. The highest BCUT2D eigenvalue weighted by atomic mass is 16.4. The average molecular weight is 357 g/mol. The average Bonchev–Trinajstić information content (AvgIpc) is 2.82. The van der Waals surface area contributed by atoms with Crippen molar-refractivity contribution in [1.29, 1.82) is 0 Å². The van der Waals surface area contributed by atoms with E-state index in [2.05, 4.69) is 6.92 Å². The molecule has 4 N–H and O–H groups in total. The van der Waals surface area contributed by atoms with Gasteiger partial charge >= 0.3 is 5.97 Å². The predicted octanol–water partition coefficient (Wildman–Crippen LogP) is 3.27. The van der Waals surface area contributed by atoms with Crippen LogP contribution in [-0.2, 0) is 4.79 Å². The number of hydrogen-bond acceptors (Lipinski definition) is 4. The SMILES string of the molecule is CCCCC[C@H](O)C=C[C@@H]1[C@H](CCCCCCC(=O)O)[C@H](O)C[C@H]1O. The fourth-order valence-electron chi connectivity index (χ4n) is 3.74. The Labute approximate surface area is 151 Å². The van der Waals surface area contributed by atoms with E-state index in [1.54, 1.807) is 6.08 Å². The van der Waals surface area contributed by atoms with Gasteiger partial charge in [-0.1, -0.05) is 57.6 Å². The van der Waals surface area contributed by atoms with Crippen molar-refractivity contribution >= 4 is 5.97 Å². The molecule has 1 rings (SSSR count). The van der Waals surface area contributed by atoms with Crippen LogP contribution in [0.2, 0.25) is 0 Å². The van der Waals surface area contributed by atoms with Crippen molar-refractivity contribution in [2.45, 2.75) is 95.9 Å². The maximum atomic E-state index is 10.5. The van der Waals surface area contributed by atoms with Crippen LogP contribution in [-0.4, -0.2) is 44.7 Å². The van der Waals surface area contributed by atoms with Crippen LogP contribution < -0.4 is 0 Å². The second-order valence-electron chi connectivity index (χ2n) is 7.41. The van der Waals surface area contributed by atoms with Gasteiger partial charge in [-0.2, -0.15) is 0 Å². The van der Waals surface area contributed by atoms with Gasteiger partial charge in [-0.3, -0.25) is 4.79 Å². The van der Waals surface area contributed by atoms with Crippen LogP contribution in [0.1, 0.15) is 77.6 Å². The fourth-order valence-corrected chi connectivity index (χ4v) is 3.74. The number of aliphatic carboxylic acids is 1. The second kappa shape index (κ2) is 12.4. The van der Waals surface area contributed by atoms with E-state index in [9.17, 15) is 20.1 Å². The predicted molar refractivity (Wildman–Crippen MR) is 98.2 cm³/mol. The van der Waals surface area contributed by atoms with Crippen LogP contribution in [0.15, 0.2) is 12.2 Å². The third kappa shape index (κ3) is 8.84. The van der Waals surface area contributed by atoms with Gasteiger partial charge in [-0.25, -0.2) is 0 Å². The zero-order chi connectivity index (χ0) is 18.7. The van der Waals surface area contributed by atoms with E-state index in [0.29, 0.717) is 12.8 Å². The van der Waals surface area contributed by atoms with Crippen molar-refractivity contribution in [3.05, 3.63) is 12.2 Å². The van der Waals surface area contributed by atoms with E-state index in [1.165, 1.54) is 0 Å². The highest BCUT2D eigenvalue weighted by Crippen LogP contribution is 2.37. The molecule has 0 spiro atoms. The second-order valence-corrected chi connectivity index (χ2v) is 7.41. The number of aliphatic hydroxyl groups excluding tert-OH is 3. The van der Waals surface area contributed by atoms with Crippen LogP contribution in [0.3, 0.4) is 0 Å². The number of carbonyl (C=O) groups is 1. The van der Waals surface area contributed by atoms with Crippen molar-refractivity contribution in [2.24, 2.45) is 11.8 Å². The summed E-state index contributed by atoms with van der Waals surface area (Å²) >= 11 is 0. The molecule has 146 valence electrons. The van der Waals surface area contributed by atoms with E-state index in [1.807, 2.05) is 6.08 Å².